The number of halogens is 1. The summed E-state index contributed by atoms with van der Waals surface area (Å²) in [5.74, 6) is -0.164. The Balaban J connectivity index is 0.000000240. The molecule has 0 aliphatic heterocycles. The highest BCUT2D eigenvalue weighted by molar-refractivity contribution is 6.33. The Morgan fingerprint density at radius 3 is 2.04 bits per heavy atom. The van der Waals surface area contributed by atoms with Crippen LogP contribution in [0.1, 0.15) is 20.7 Å². The van der Waals surface area contributed by atoms with E-state index in [0.29, 0.717) is 12.6 Å². The number of phenols is 1. The van der Waals surface area contributed by atoms with Gasteiger partial charge in [-0.25, -0.2) is 0 Å². The van der Waals surface area contributed by atoms with Gasteiger partial charge >= 0.3 is 0 Å². The number of phenolic OH excluding ortho intramolecular Hbond substituents is 1. The van der Waals surface area contributed by atoms with Crippen molar-refractivity contribution in [2.45, 2.75) is 0 Å². The number of carbonyl (C=O) groups is 2. The highest BCUT2D eigenvalue weighted by Gasteiger charge is 2.12. The number of aromatic hydroxyl groups is 1. The highest BCUT2D eigenvalue weighted by Crippen LogP contribution is 2.21. The summed E-state index contributed by atoms with van der Waals surface area (Å²) >= 11 is 5.55. The minimum Gasteiger partial charge on any atom is -0.508 e. The molecule has 0 heterocycles. The van der Waals surface area contributed by atoms with Crippen LogP contribution >= 0.6 is 11.6 Å². The Kier molecular flexibility index (Phi) is 6.51. The number of non-ortho nitro benzene ring substituents is 1. The number of carbonyl (C=O) groups excluding carboxylic acids is 2. The lowest BCUT2D eigenvalue weighted by molar-refractivity contribution is -0.385. The van der Waals surface area contributed by atoms with E-state index in [9.17, 15) is 29.8 Å². The summed E-state index contributed by atoms with van der Waals surface area (Å²) in [6.07, 6.45) is 0.813. The average Bonchev–Trinajstić information content (AvgIpc) is 2.55. The monoisotopic (exact) mass is 352 g/mol. The van der Waals surface area contributed by atoms with Crippen LogP contribution in [0.4, 0.5) is 11.4 Å². The van der Waals surface area contributed by atoms with Gasteiger partial charge in [-0.3, -0.25) is 29.8 Å². The van der Waals surface area contributed by atoms with Crippen LogP contribution in [0.2, 0.25) is 5.02 Å². The van der Waals surface area contributed by atoms with Crippen LogP contribution in [0.5, 0.6) is 5.75 Å². The molecule has 0 atom stereocenters. The van der Waals surface area contributed by atoms with E-state index < -0.39 is 9.85 Å². The molecule has 2 aromatic carbocycles. The average molecular weight is 353 g/mol. The van der Waals surface area contributed by atoms with Crippen LogP contribution in [-0.2, 0) is 0 Å². The number of benzene rings is 2. The van der Waals surface area contributed by atoms with E-state index in [2.05, 4.69) is 0 Å². The largest absolute Gasteiger partial charge is 0.508 e. The second-order valence-corrected chi connectivity index (χ2v) is 4.61. The normalized spacial score (nSPS) is 9.38. The Bertz CT molecular complexity index is 808. The van der Waals surface area contributed by atoms with Gasteiger partial charge in [0.15, 0.2) is 12.6 Å². The lowest BCUT2D eigenvalue weighted by atomic mass is 10.2. The summed E-state index contributed by atoms with van der Waals surface area (Å²) in [6.45, 7) is 0. The molecule has 24 heavy (non-hydrogen) atoms. The van der Waals surface area contributed by atoms with E-state index >= 15 is 0 Å². The van der Waals surface area contributed by atoms with Gasteiger partial charge in [0, 0.05) is 23.8 Å². The maximum absolute atomic E-state index is 10.3. The molecule has 0 aliphatic carbocycles. The van der Waals surface area contributed by atoms with Crippen molar-refractivity contribution < 1.29 is 24.5 Å². The Morgan fingerprint density at radius 1 is 0.917 bits per heavy atom. The molecule has 0 radical (unpaired) electrons. The molecular weight excluding hydrogens is 344 g/mol. The van der Waals surface area contributed by atoms with Crippen LogP contribution in [-0.4, -0.2) is 27.5 Å². The van der Waals surface area contributed by atoms with Crippen molar-refractivity contribution in [1.29, 1.82) is 0 Å². The summed E-state index contributed by atoms with van der Waals surface area (Å²) in [5.41, 5.74) is -0.435. The first-order chi connectivity index (χ1) is 11.3. The Labute approximate surface area is 139 Å². The summed E-state index contributed by atoms with van der Waals surface area (Å²) in [5, 5.41) is 29.6. The predicted octanol–water partition coefficient (Wildman–Crippen LogP) is 3.17. The third-order valence-corrected chi connectivity index (χ3v) is 3.00. The zero-order valence-corrected chi connectivity index (χ0v) is 12.5. The topological polar surface area (TPSA) is 141 Å². The molecule has 0 bridgehead atoms. The first-order valence-corrected chi connectivity index (χ1v) is 6.49. The van der Waals surface area contributed by atoms with Crippen molar-refractivity contribution in [3.05, 3.63) is 72.8 Å². The highest BCUT2D eigenvalue weighted by atomic mass is 35.5. The lowest BCUT2D eigenvalue weighted by Gasteiger charge is -1.95. The van der Waals surface area contributed by atoms with E-state index in [0.717, 1.165) is 24.3 Å². The van der Waals surface area contributed by atoms with Crippen molar-refractivity contribution in [2.24, 2.45) is 0 Å². The summed E-state index contributed by atoms with van der Waals surface area (Å²) in [7, 11) is 0. The van der Waals surface area contributed by atoms with Gasteiger partial charge in [-0.2, -0.15) is 0 Å². The summed E-state index contributed by atoms with van der Waals surface area (Å²) in [6, 6.07) is 6.99. The second-order valence-electron chi connectivity index (χ2n) is 4.20. The molecule has 0 fully saturated rings. The number of nitro benzene ring substituents is 2. The second kappa shape index (κ2) is 8.34. The first kappa shape index (κ1) is 18.7. The quantitative estimate of drug-likeness (QED) is 0.506. The number of nitrogens with zero attached hydrogens (tertiary/aromatic N) is 2. The van der Waals surface area contributed by atoms with Crippen LogP contribution in [0.3, 0.4) is 0 Å². The van der Waals surface area contributed by atoms with Gasteiger partial charge in [0.05, 0.1) is 20.4 Å². The number of hydrogen-bond donors (Lipinski definition) is 1. The van der Waals surface area contributed by atoms with Gasteiger partial charge in [0.2, 0.25) is 0 Å². The molecule has 0 saturated heterocycles. The first-order valence-electron chi connectivity index (χ1n) is 6.11. The van der Waals surface area contributed by atoms with Gasteiger partial charge in [0.25, 0.3) is 11.4 Å². The van der Waals surface area contributed by atoms with Crippen molar-refractivity contribution in [2.75, 3.05) is 0 Å². The van der Waals surface area contributed by atoms with E-state index in [1.807, 2.05) is 0 Å². The van der Waals surface area contributed by atoms with Gasteiger partial charge in [-0.15, -0.1) is 0 Å². The lowest BCUT2D eigenvalue weighted by Crippen LogP contribution is -1.93. The van der Waals surface area contributed by atoms with Gasteiger partial charge in [0.1, 0.15) is 5.75 Å². The summed E-state index contributed by atoms with van der Waals surface area (Å²) in [4.78, 5) is 39.8. The third-order valence-electron chi connectivity index (χ3n) is 2.65. The zero-order chi connectivity index (χ0) is 18.3. The molecule has 124 valence electrons. The van der Waals surface area contributed by atoms with E-state index in [1.165, 1.54) is 12.1 Å². The molecule has 2 aromatic rings. The smallest absolute Gasteiger partial charge is 0.280 e. The number of nitro groups is 2. The minimum absolute atomic E-state index is 0.125. The maximum Gasteiger partial charge on any atom is 0.280 e. The van der Waals surface area contributed by atoms with E-state index in [4.69, 9.17) is 16.7 Å². The van der Waals surface area contributed by atoms with E-state index in [-0.39, 0.29) is 33.3 Å². The van der Waals surface area contributed by atoms with E-state index in [1.54, 1.807) is 0 Å². The van der Waals surface area contributed by atoms with Crippen LogP contribution in [0.15, 0.2) is 36.4 Å². The molecule has 2 rings (SSSR count). The maximum atomic E-state index is 10.3. The van der Waals surface area contributed by atoms with Crippen molar-refractivity contribution in [1.82, 2.24) is 0 Å². The van der Waals surface area contributed by atoms with Gasteiger partial charge in [-0.1, -0.05) is 11.6 Å². The van der Waals surface area contributed by atoms with Gasteiger partial charge < -0.3 is 5.11 Å². The van der Waals surface area contributed by atoms with Crippen LogP contribution < -0.4 is 0 Å². The fraction of sp³-hybridized carbons (Fsp3) is 0. The van der Waals surface area contributed by atoms with Crippen LogP contribution in [0.25, 0.3) is 0 Å². The number of rotatable bonds is 4. The number of aldehydes is 2. The molecule has 0 amide bonds. The number of hydrogen-bond acceptors (Lipinski definition) is 7. The fourth-order valence-electron chi connectivity index (χ4n) is 1.54. The molecule has 0 spiro atoms. The van der Waals surface area contributed by atoms with Gasteiger partial charge in [-0.05, 0) is 18.2 Å². The third kappa shape index (κ3) is 4.85. The molecular formula is C14H9ClN2O7. The molecule has 10 heteroatoms. The summed E-state index contributed by atoms with van der Waals surface area (Å²) < 4.78 is 0. The SMILES string of the molecule is O=Cc1cc(O)ccc1[N+](=O)[O-].O=Cc1cc([N+](=O)[O-])ccc1Cl. The molecule has 0 saturated carbocycles. The molecule has 0 unspecified atom stereocenters. The van der Waals surface area contributed by atoms with Crippen LogP contribution in [0, 0.1) is 20.2 Å². The molecule has 9 nitrogen and oxygen atoms in total. The molecule has 0 aliphatic rings. The standard InChI is InChI=1S/C7H4ClNO3.C7H5NO4/c8-7-2-1-6(9(11)12)3-5(7)4-10;9-4-5-3-6(10)1-2-7(5)8(11)12/h1-4H;1-4,10H. The zero-order valence-electron chi connectivity index (χ0n) is 11.8. The molecule has 1 N–H and O–H groups in total. The van der Waals surface area contributed by atoms with Crippen molar-refractivity contribution in [3.63, 3.8) is 0 Å². The predicted molar refractivity (Wildman–Crippen MR) is 83.6 cm³/mol. The molecule has 0 aromatic heterocycles. The fourth-order valence-corrected chi connectivity index (χ4v) is 1.70. The Hall–Kier alpha value is -3.33. The minimum atomic E-state index is -0.677. The Morgan fingerprint density at radius 2 is 1.54 bits per heavy atom. The van der Waals surface area contributed by atoms with Crippen molar-refractivity contribution >= 4 is 35.5 Å². The van der Waals surface area contributed by atoms with Crippen molar-refractivity contribution in [3.8, 4) is 5.75 Å².